The second kappa shape index (κ2) is 5.95. The van der Waals surface area contributed by atoms with Crippen molar-refractivity contribution in [2.24, 2.45) is 11.3 Å². The predicted octanol–water partition coefficient (Wildman–Crippen LogP) is 3.51. The molecular weight excluding hydrogens is 344 g/mol. The van der Waals surface area contributed by atoms with Gasteiger partial charge in [0.1, 0.15) is 0 Å². The van der Waals surface area contributed by atoms with Crippen LogP contribution in [0.5, 0.6) is 0 Å². The van der Waals surface area contributed by atoms with E-state index in [0.717, 1.165) is 31.5 Å². The molecule has 3 aliphatic rings. The number of nitrogens with zero attached hydrogens (tertiary/aromatic N) is 2. The van der Waals surface area contributed by atoms with Crippen LogP contribution < -0.4 is 4.90 Å². The largest absolute Gasteiger partial charge is 0.341 e. The number of carbonyl (C=O) groups is 2. The minimum Gasteiger partial charge on any atom is -0.341 e. The molecule has 2 amide bonds. The lowest BCUT2D eigenvalue weighted by Crippen LogP contribution is -2.40. The number of hydrogen-bond donors (Lipinski definition) is 0. The van der Waals surface area contributed by atoms with Gasteiger partial charge in [0.05, 0.1) is 11.1 Å². The van der Waals surface area contributed by atoms with Crippen LogP contribution in [-0.2, 0) is 9.59 Å². The molecule has 1 saturated carbocycles. The average molecular weight is 366 g/mol. The summed E-state index contributed by atoms with van der Waals surface area (Å²) in [4.78, 5) is 30.2. The van der Waals surface area contributed by atoms with Gasteiger partial charge in [0.2, 0.25) is 11.8 Å². The number of thiophene rings is 1. The molecule has 134 valence electrons. The summed E-state index contributed by atoms with van der Waals surface area (Å²) in [5, 5.41) is 4.05. The second-order valence-corrected chi connectivity index (χ2v) is 8.58. The highest BCUT2D eigenvalue weighted by Crippen LogP contribution is 2.51. The summed E-state index contributed by atoms with van der Waals surface area (Å²) in [6, 6.07) is 12.3. The highest BCUT2D eigenvalue weighted by atomic mass is 32.1. The van der Waals surface area contributed by atoms with Crippen molar-refractivity contribution in [1.29, 1.82) is 0 Å². The Morgan fingerprint density at radius 1 is 1.15 bits per heavy atom. The zero-order valence-electron chi connectivity index (χ0n) is 14.6. The topological polar surface area (TPSA) is 40.6 Å². The quantitative estimate of drug-likeness (QED) is 0.834. The van der Waals surface area contributed by atoms with E-state index in [2.05, 4.69) is 12.1 Å². The zero-order chi connectivity index (χ0) is 17.7. The predicted molar refractivity (Wildman–Crippen MR) is 102 cm³/mol. The summed E-state index contributed by atoms with van der Waals surface area (Å²) in [6.07, 6.45) is 2.83. The molecule has 1 aliphatic carbocycles. The van der Waals surface area contributed by atoms with Crippen LogP contribution in [0.3, 0.4) is 0 Å². The smallest absolute Gasteiger partial charge is 0.235 e. The molecule has 1 aromatic carbocycles. The van der Waals surface area contributed by atoms with Crippen molar-refractivity contribution in [2.45, 2.75) is 25.2 Å². The number of carbonyl (C=O) groups excluding carboxylic acids is 2. The Balaban J connectivity index is 1.51. The van der Waals surface area contributed by atoms with Crippen molar-refractivity contribution in [3.8, 4) is 0 Å². The highest BCUT2D eigenvalue weighted by molar-refractivity contribution is 7.08. The maximum atomic E-state index is 13.6. The summed E-state index contributed by atoms with van der Waals surface area (Å²) in [5.41, 5.74) is 1.70. The van der Waals surface area contributed by atoms with Crippen molar-refractivity contribution in [1.82, 2.24) is 4.90 Å². The number of amides is 2. The molecule has 2 saturated heterocycles. The fourth-order valence-electron chi connectivity index (χ4n) is 4.69. The number of likely N-dealkylation sites (tertiary alicyclic amines) is 1. The zero-order valence-corrected chi connectivity index (χ0v) is 15.5. The molecule has 0 unspecified atom stereocenters. The molecule has 0 radical (unpaired) electrons. The first-order valence-corrected chi connectivity index (χ1v) is 10.3. The van der Waals surface area contributed by atoms with Crippen molar-refractivity contribution in [3.05, 3.63) is 52.7 Å². The molecule has 1 spiro atoms. The van der Waals surface area contributed by atoms with Crippen LogP contribution in [0.2, 0.25) is 0 Å². The Morgan fingerprint density at radius 2 is 1.96 bits per heavy atom. The lowest BCUT2D eigenvalue weighted by atomic mass is 9.73. The SMILES string of the molecule is O=C(C1CC1)N1C[C@@H](c2ccccc2)[C@@]2(CCN(c3ccsc3)C2=O)C1. The Morgan fingerprint density at radius 3 is 2.65 bits per heavy atom. The molecule has 3 heterocycles. The number of rotatable bonds is 3. The van der Waals surface area contributed by atoms with E-state index in [1.165, 1.54) is 5.56 Å². The third-order valence-electron chi connectivity index (χ3n) is 6.25. The lowest BCUT2D eigenvalue weighted by Gasteiger charge is -2.28. The number of benzene rings is 1. The van der Waals surface area contributed by atoms with Gasteiger partial charge in [-0.1, -0.05) is 30.3 Å². The van der Waals surface area contributed by atoms with Crippen molar-refractivity contribution in [2.75, 3.05) is 24.5 Å². The highest BCUT2D eigenvalue weighted by Gasteiger charge is 2.58. The van der Waals surface area contributed by atoms with Gasteiger partial charge >= 0.3 is 0 Å². The summed E-state index contributed by atoms with van der Waals surface area (Å²) < 4.78 is 0. The van der Waals surface area contributed by atoms with Gasteiger partial charge in [-0.2, -0.15) is 11.3 Å². The van der Waals surface area contributed by atoms with Gasteiger partial charge in [-0.25, -0.2) is 0 Å². The van der Waals surface area contributed by atoms with Crippen LogP contribution in [0.1, 0.15) is 30.7 Å². The minimum atomic E-state index is -0.478. The standard InChI is InChI=1S/C21H22N2O2S/c24-19(16-6-7-16)22-12-18(15-4-2-1-3-5-15)21(14-22)9-10-23(20(21)25)17-8-11-26-13-17/h1-5,8,11,13,16,18H,6-7,9-10,12,14H2/t18-,21+/m0/s1. The van der Waals surface area contributed by atoms with Gasteiger partial charge in [-0.05, 0) is 36.3 Å². The van der Waals surface area contributed by atoms with E-state index in [-0.39, 0.29) is 23.7 Å². The molecule has 0 bridgehead atoms. The molecule has 5 heteroatoms. The van der Waals surface area contributed by atoms with Crippen molar-refractivity contribution >= 4 is 28.8 Å². The summed E-state index contributed by atoms with van der Waals surface area (Å²) in [7, 11) is 0. The van der Waals surface area contributed by atoms with Gasteiger partial charge in [0.15, 0.2) is 0 Å². The van der Waals surface area contributed by atoms with Gasteiger partial charge in [-0.15, -0.1) is 0 Å². The fraction of sp³-hybridized carbons (Fsp3) is 0.429. The second-order valence-electron chi connectivity index (χ2n) is 7.80. The molecule has 2 aromatic rings. The van der Waals surface area contributed by atoms with E-state index in [9.17, 15) is 9.59 Å². The Hall–Kier alpha value is -2.14. The molecule has 3 fully saturated rings. The maximum absolute atomic E-state index is 13.6. The minimum absolute atomic E-state index is 0.0857. The molecule has 26 heavy (non-hydrogen) atoms. The first-order valence-electron chi connectivity index (χ1n) is 9.37. The Labute approximate surface area is 157 Å². The Bertz CT molecular complexity index is 831. The van der Waals surface area contributed by atoms with E-state index in [0.29, 0.717) is 13.1 Å². The molecule has 5 rings (SSSR count). The van der Waals surface area contributed by atoms with E-state index in [1.807, 2.05) is 44.8 Å². The molecule has 2 aliphatic heterocycles. The summed E-state index contributed by atoms with van der Waals surface area (Å²) in [5.74, 6) is 0.731. The van der Waals surface area contributed by atoms with Gasteiger partial charge in [-0.3, -0.25) is 9.59 Å². The summed E-state index contributed by atoms with van der Waals surface area (Å²) >= 11 is 1.62. The van der Waals surface area contributed by atoms with Gasteiger partial charge in [0, 0.05) is 36.9 Å². The van der Waals surface area contributed by atoms with Crippen LogP contribution in [0, 0.1) is 11.3 Å². The third kappa shape index (κ3) is 2.41. The van der Waals surface area contributed by atoms with Gasteiger partial charge in [0.25, 0.3) is 0 Å². The van der Waals surface area contributed by atoms with Crippen LogP contribution in [-0.4, -0.2) is 36.3 Å². The molecule has 0 N–H and O–H groups in total. The molecular formula is C21H22N2O2S. The molecule has 2 atom stereocenters. The van der Waals surface area contributed by atoms with Crippen LogP contribution in [0.15, 0.2) is 47.2 Å². The Kier molecular flexibility index (Phi) is 3.67. The normalized spacial score (nSPS) is 28.3. The van der Waals surface area contributed by atoms with Crippen LogP contribution >= 0.6 is 11.3 Å². The first-order chi connectivity index (χ1) is 12.7. The van der Waals surface area contributed by atoms with E-state index in [1.54, 1.807) is 11.3 Å². The third-order valence-corrected chi connectivity index (χ3v) is 6.92. The fourth-order valence-corrected chi connectivity index (χ4v) is 5.33. The van der Waals surface area contributed by atoms with Crippen LogP contribution in [0.4, 0.5) is 5.69 Å². The average Bonchev–Trinajstić information content (AvgIpc) is 3.10. The van der Waals surface area contributed by atoms with Crippen LogP contribution in [0.25, 0.3) is 0 Å². The molecule has 1 aromatic heterocycles. The monoisotopic (exact) mass is 366 g/mol. The first kappa shape index (κ1) is 16.1. The maximum Gasteiger partial charge on any atom is 0.235 e. The number of hydrogen-bond acceptors (Lipinski definition) is 3. The van der Waals surface area contributed by atoms with Crippen molar-refractivity contribution in [3.63, 3.8) is 0 Å². The summed E-state index contributed by atoms with van der Waals surface area (Å²) in [6.45, 7) is 1.98. The van der Waals surface area contributed by atoms with E-state index in [4.69, 9.17) is 0 Å². The van der Waals surface area contributed by atoms with Gasteiger partial charge < -0.3 is 9.80 Å². The van der Waals surface area contributed by atoms with E-state index < -0.39 is 5.41 Å². The van der Waals surface area contributed by atoms with E-state index >= 15 is 0 Å². The lowest BCUT2D eigenvalue weighted by molar-refractivity contribution is -0.132. The number of anilines is 1. The molecule has 4 nitrogen and oxygen atoms in total. The van der Waals surface area contributed by atoms with Crippen molar-refractivity contribution < 1.29 is 9.59 Å².